The van der Waals surface area contributed by atoms with E-state index in [0.29, 0.717) is 12.4 Å². The summed E-state index contributed by atoms with van der Waals surface area (Å²) in [4.78, 5) is 20.9. The molecular weight excluding hydrogens is 206 g/mol. The number of hydrogen-bond acceptors (Lipinski definition) is 4. The van der Waals surface area contributed by atoms with Crippen molar-refractivity contribution < 1.29 is 9.90 Å². The summed E-state index contributed by atoms with van der Waals surface area (Å²) in [6.45, 7) is 5.83. The highest BCUT2D eigenvalue weighted by Gasteiger charge is 2.05. The molecule has 0 fully saturated rings. The Balaban J connectivity index is 2.63. The van der Waals surface area contributed by atoms with Crippen molar-refractivity contribution in [2.45, 2.75) is 26.7 Å². The number of nitrogens with zero attached hydrogens (tertiary/aromatic N) is 3. The first-order valence-electron chi connectivity index (χ1n) is 5.45. The maximum atomic E-state index is 10.4. The van der Waals surface area contributed by atoms with Gasteiger partial charge in [-0.25, -0.2) is 9.97 Å². The van der Waals surface area contributed by atoms with E-state index in [0.717, 1.165) is 18.7 Å². The summed E-state index contributed by atoms with van der Waals surface area (Å²) in [5, 5.41) is 8.54. The van der Waals surface area contributed by atoms with Gasteiger partial charge in [-0.15, -0.1) is 0 Å². The molecule has 0 aliphatic heterocycles. The van der Waals surface area contributed by atoms with Crippen LogP contribution in [0.1, 0.15) is 25.8 Å². The zero-order chi connectivity index (χ0) is 12.0. The van der Waals surface area contributed by atoms with Gasteiger partial charge in [0, 0.05) is 31.9 Å². The largest absolute Gasteiger partial charge is 0.481 e. The minimum Gasteiger partial charge on any atom is -0.481 e. The number of carbonyl (C=O) groups is 1. The second-order valence-electron chi connectivity index (χ2n) is 3.46. The Kier molecular flexibility index (Phi) is 4.69. The summed E-state index contributed by atoms with van der Waals surface area (Å²) in [5.41, 5.74) is 0.860. The molecule has 1 aromatic rings. The van der Waals surface area contributed by atoms with Gasteiger partial charge in [0.1, 0.15) is 0 Å². The molecule has 88 valence electrons. The van der Waals surface area contributed by atoms with Gasteiger partial charge in [-0.3, -0.25) is 4.79 Å². The minimum absolute atomic E-state index is 0.119. The van der Waals surface area contributed by atoms with Gasteiger partial charge in [-0.2, -0.15) is 0 Å². The lowest BCUT2D eigenvalue weighted by atomic mass is 10.2. The number of aryl methyl sites for hydroxylation is 1. The standard InChI is InChI=1S/C11H17N3O2/c1-3-14(4-2)11-12-7-9(8-13-11)5-6-10(15)16/h7-8H,3-6H2,1-2H3,(H,15,16). The highest BCUT2D eigenvalue weighted by atomic mass is 16.4. The Morgan fingerprint density at radius 2 is 1.88 bits per heavy atom. The van der Waals surface area contributed by atoms with Gasteiger partial charge >= 0.3 is 5.97 Å². The second-order valence-corrected chi connectivity index (χ2v) is 3.46. The number of aliphatic carboxylic acids is 1. The summed E-state index contributed by atoms with van der Waals surface area (Å²) >= 11 is 0. The first-order valence-corrected chi connectivity index (χ1v) is 5.45. The van der Waals surface area contributed by atoms with Crippen LogP contribution >= 0.6 is 0 Å². The molecule has 0 spiro atoms. The fourth-order valence-electron chi connectivity index (χ4n) is 1.40. The van der Waals surface area contributed by atoms with Crippen molar-refractivity contribution in [3.05, 3.63) is 18.0 Å². The zero-order valence-electron chi connectivity index (χ0n) is 9.68. The van der Waals surface area contributed by atoms with Crippen LogP contribution in [0.5, 0.6) is 0 Å². The summed E-state index contributed by atoms with van der Waals surface area (Å²) in [5.74, 6) is -0.100. The average molecular weight is 223 g/mol. The van der Waals surface area contributed by atoms with Crippen LogP contribution in [-0.2, 0) is 11.2 Å². The molecule has 1 aromatic heterocycles. The summed E-state index contributed by atoms with van der Waals surface area (Å²) < 4.78 is 0. The van der Waals surface area contributed by atoms with Crippen molar-refractivity contribution in [3.8, 4) is 0 Å². The maximum absolute atomic E-state index is 10.4. The Morgan fingerprint density at radius 1 is 1.31 bits per heavy atom. The smallest absolute Gasteiger partial charge is 0.303 e. The van der Waals surface area contributed by atoms with E-state index in [1.54, 1.807) is 12.4 Å². The number of anilines is 1. The molecule has 1 N–H and O–H groups in total. The van der Waals surface area contributed by atoms with Gasteiger partial charge in [0.25, 0.3) is 0 Å². The number of hydrogen-bond donors (Lipinski definition) is 1. The Morgan fingerprint density at radius 3 is 2.31 bits per heavy atom. The van der Waals surface area contributed by atoms with Crippen LogP contribution in [0, 0.1) is 0 Å². The van der Waals surface area contributed by atoms with Crippen LogP contribution in [-0.4, -0.2) is 34.1 Å². The molecule has 0 saturated carbocycles. The van der Waals surface area contributed by atoms with Crippen LogP contribution < -0.4 is 4.90 Å². The molecule has 0 saturated heterocycles. The summed E-state index contributed by atoms with van der Waals surface area (Å²) in [6.07, 6.45) is 4.00. The molecule has 0 amide bonds. The zero-order valence-corrected chi connectivity index (χ0v) is 9.68. The van der Waals surface area contributed by atoms with Crippen molar-refractivity contribution in [1.82, 2.24) is 9.97 Å². The van der Waals surface area contributed by atoms with Gasteiger partial charge in [0.2, 0.25) is 5.95 Å². The van der Waals surface area contributed by atoms with Gasteiger partial charge < -0.3 is 10.0 Å². The molecule has 5 heteroatoms. The molecule has 0 radical (unpaired) electrons. The van der Waals surface area contributed by atoms with Crippen molar-refractivity contribution in [2.24, 2.45) is 0 Å². The maximum Gasteiger partial charge on any atom is 0.303 e. The molecule has 1 heterocycles. The van der Waals surface area contributed by atoms with E-state index >= 15 is 0 Å². The molecule has 0 aromatic carbocycles. The molecule has 0 atom stereocenters. The molecule has 16 heavy (non-hydrogen) atoms. The highest BCUT2D eigenvalue weighted by molar-refractivity contribution is 5.67. The first-order chi connectivity index (χ1) is 7.67. The summed E-state index contributed by atoms with van der Waals surface area (Å²) in [6, 6.07) is 0. The van der Waals surface area contributed by atoms with Gasteiger partial charge in [0.05, 0.1) is 0 Å². The molecule has 1 rings (SSSR count). The van der Waals surface area contributed by atoms with Crippen LogP contribution in [0.15, 0.2) is 12.4 Å². The van der Waals surface area contributed by atoms with E-state index in [1.807, 2.05) is 18.7 Å². The topological polar surface area (TPSA) is 66.3 Å². The van der Waals surface area contributed by atoms with Crippen LogP contribution in [0.3, 0.4) is 0 Å². The first kappa shape index (κ1) is 12.4. The predicted molar refractivity (Wildman–Crippen MR) is 61.5 cm³/mol. The van der Waals surface area contributed by atoms with Crippen LogP contribution in [0.2, 0.25) is 0 Å². The molecule has 0 bridgehead atoms. The fraction of sp³-hybridized carbons (Fsp3) is 0.545. The number of carboxylic acid groups (broad SMARTS) is 1. The monoisotopic (exact) mass is 223 g/mol. The SMILES string of the molecule is CCN(CC)c1ncc(CCC(=O)O)cn1. The Labute approximate surface area is 95.1 Å². The van der Waals surface area contributed by atoms with E-state index in [4.69, 9.17) is 5.11 Å². The highest BCUT2D eigenvalue weighted by Crippen LogP contribution is 2.07. The molecule has 0 unspecified atom stereocenters. The second kappa shape index (κ2) is 6.05. The van der Waals surface area contributed by atoms with Crippen molar-refractivity contribution in [3.63, 3.8) is 0 Å². The lowest BCUT2D eigenvalue weighted by molar-refractivity contribution is -0.136. The fourth-order valence-corrected chi connectivity index (χ4v) is 1.40. The van der Waals surface area contributed by atoms with E-state index < -0.39 is 5.97 Å². The third-order valence-electron chi connectivity index (χ3n) is 2.37. The Hall–Kier alpha value is -1.65. The predicted octanol–water partition coefficient (Wildman–Crippen LogP) is 1.34. The van der Waals surface area contributed by atoms with E-state index in [9.17, 15) is 4.79 Å². The summed E-state index contributed by atoms with van der Waals surface area (Å²) in [7, 11) is 0. The van der Waals surface area contributed by atoms with E-state index in [-0.39, 0.29) is 6.42 Å². The molecule has 5 nitrogen and oxygen atoms in total. The lowest BCUT2D eigenvalue weighted by Gasteiger charge is -2.17. The molecule has 0 aliphatic rings. The Bertz CT molecular complexity index is 334. The normalized spacial score (nSPS) is 10.1. The van der Waals surface area contributed by atoms with E-state index in [1.165, 1.54) is 0 Å². The van der Waals surface area contributed by atoms with Gasteiger partial charge in [-0.1, -0.05) is 0 Å². The molecule has 0 aliphatic carbocycles. The number of aromatic nitrogens is 2. The third kappa shape index (κ3) is 3.49. The minimum atomic E-state index is -0.798. The van der Waals surface area contributed by atoms with Crippen LogP contribution in [0.4, 0.5) is 5.95 Å². The van der Waals surface area contributed by atoms with Gasteiger partial charge in [-0.05, 0) is 25.8 Å². The van der Waals surface area contributed by atoms with Gasteiger partial charge in [0.15, 0.2) is 0 Å². The number of carboxylic acids is 1. The lowest BCUT2D eigenvalue weighted by Crippen LogP contribution is -2.24. The van der Waals surface area contributed by atoms with Crippen molar-refractivity contribution >= 4 is 11.9 Å². The average Bonchev–Trinajstić information content (AvgIpc) is 2.29. The van der Waals surface area contributed by atoms with E-state index in [2.05, 4.69) is 9.97 Å². The molecular formula is C11H17N3O2. The number of rotatable bonds is 6. The van der Waals surface area contributed by atoms with Crippen LogP contribution in [0.25, 0.3) is 0 Å². The van der Waals surface area contributed by atoms with Crippen molar-refractivity contribution in [2.75, 3.05) is 18.0 Å². The quantitative estimate of drug-likeness (QED) is 0.788. The third-order valence-corrected chi connectivity index (χ3v) is 2.37. The van der Waals surface area contributed by atoms with Crippen molar-refractivity contribution in [1.29, 1.82) is 0 Å².